The molecule has 0 fully saturated rings. The van der Waals surface area contributed by atoms with Crippen molar-refractivity contribution in [2.24, 2.45) is 5.73 Å². The topological polar surface area (TPSA) is 66.6 Å². The fourth-order valence-electron chi connectivity index (χ4n) is 1.91. The van der Waals surface area contributed by atoms with E-state index in [0.717, 1.165) is 25.7 Å². The van der Waals surface area contributed by atoms with E-state index in [4.69, 9.17) is 10.8 Å². The Morgan fingerprint density at radius 1 is 1.31 bits per heavy atom. The summed E-state index contributed by atoms with van der Waals surface area (Å²) in [5.74, 6) is 0.149. The van der Waals surface area contributed by atoms with Crippen molar-refractivity contribution in [3.05, 3.63) is 0 Å². The molecule has 4 nitrogen and oxygen atoms in total. The van der Waals surface area contributed by atoms with Gasteiger partial charge in [-0.3, -0.25) is 4.79 Å². The molecule has 0 saturated heterocycles. The summed E-state index contributed by atoms with van der Waals surface area (Å²) in [5.41, 5.74) is 5.40. The van der Waals surface area contributed by atoms with Gasteiger partial charge in [0.1, 0.15) is 0 Å². The molecule has 0 aromatic heterocycles. The maximum Gasteiger partial charge on any atom is 0.222 e. The number of nitrogens with two attached hydrogens (primary N) is 1. The summed E-state index contributed by atoms with van der Waals surface area (Å²) in [6, 6.07) is 0.262. The number of hydrogen-bond donors (Lipinski definition) is 2. The minimum atomic E-state index is 0.0408. The predicted molar refractivity (Wildman–Crippen MR) is 66.1 cm³/mol. The second kappa shape index (κ2) is 9.60. The van der Waals surface area contributed by atoms with Gasteiger partial charge in [0.2, 0.25) is 5.91 Å². The highest BCUT2D eigenvalue weighted by Gasteiger charge is 2.19. The minimum absolute atomic E-state index is 0.0408. The van der Waals surface area contributed by atoms with E-state index in [2.05, 4.69) is 13.8 Å². The third kappa shape index (κ3) is 5.47. The molecule has 0 spiro atoms. The van der Waals surface area contributed by atoms with E-state index in [-0.39, 0.29) is 18.6 Å². The number of carbonyl (C=O) groups is 1. The Hall–Kier alpha value is -0.610. The van der Waals surface area contributed by atoms with Crippen molar-refractivity contribution in [3.8, 4) is 0 Å². The molecule has 0 bridgehead atoms. The number of aliphatic hydroxyl groups is 1. The van der Waals surface area contributed by atoms with Crippen molar-refractivity contribution >= 4 is 5.91 Å². The van der Waals surface area contributed by atoms with E-state index >= 15 is 0 Å². The summed E-state index contributed by atoms with van der Waals surface area (Å²) in [6.45, 7) is 5.28. The van der Waals surface area contributed by atoms with Gasteiger partial charge >= 0.3 is 0 Å². The van der Waals surface area contributed by atoms with Crippen LogP contribution in [0.4, 0.5) is 0 Å². The molecule has 0 aliphatic heterocycles. The van der Waals surface area contributed by atoms with Crippen LogP contribution in [0.1, 0.15) is 46.0 Å². The predicted octanol–water partition coefficient (Wildman–Crippen LogP) is 1.12. The molecule has 1 amide bonds. The average Bonchev–Trinajstić information content (AvgIpc) is 2.29. The molecule has 0 aromatic carbocycles. The Morgan fingerprint density at radius 3 is 2.38 bits per heavy atom. The first kappa shape index (κ1) is 15.4. The number of rotatable bonds is 9. The van der Waals surface area contributed by atoms with Crippen LogP contribution in [-0.2, 0) is 4.79 Å². The lowest BCUT2D eigenvalue weighted by Gasteiger charge is -2.30. The Balaban J connectivity index is 4.21. The molecule has 0 saturated carbocycles. The third-order valence-corrected chi connectivity index (χ3v) is 2.89. The van der Waals surface area contributed by atoms with Crippen molar-refractivity contribution in [1.29, 1.82) is 0 Å². The highest BCUT2D eigenvalue weighted by Crippen LogP contribution is 2.11. The fourth-order valence-corrected chi connectivity index (χ4v) is 1.91. The number of aliphatic hydroxyl groups excluding tert-OH is 1. The van der Waals surface area contributed by atoms with Crippen LogP contribution in [0.2, 0.25) is 0 Å². The summed E-state index contributed by atoms with van der Waals surface area (Å²) in [7, 11) is 0. The van der Waals surface area contributed by atoms with Crippen molar-refractivity contribution in [3.63, 3.8) is 0 Å². The Bertz CT molecular complexity index is 182. The number of hydrogen-bond acceptors (Lipinski definition) is 3. The summed E-state index contributed by atoms with van der Waals surface area (Å²) >= 11 is 0. The first-order valence-corrected chi connectivity index (χ1v) is 6.31. The number of unbranched alkanes of at least 4 members (excludes halogenated alkanes) is 1. The van der Waals surface area contributed by atoms with Crippen molar-refractivity contribution in [1.82, 2.24) is 4.90 Å². The van der Waals surface area contributed by atoms with Crippen LogP contribution in [0.5, 0.6) is 0 Å². The van der Waals surface area contributed by atoms with Gasteiger partial charge in [0.25, 0.3) is 0 Å². The Morgan fingerprint density at radius 2 is 1.94 bits per heavy atom. The molecule has 96 valence electrons. The standard InChI is InChI=1S/C12H26N2O2/c1-3-11(4-2)14(9-10-15)12(16)7-5-6-8-13/h11,15H,3-10,13H2,1-2H3. The molecule has 0 rings (SSSR count). The summed E-state index contributed by atoms with van der Waals surface area (Å²) in [5, 5.41) is 8.98. The molecular formula is C12H26N2O2. The van der Waals surface area contributed by atoms with Crippen LogP contribution in [0.25, 0.3) is 0 Å². The quantitative estimate of drug-likeness (QED) is 0.583. The second-order valence-corrected chi connectivity index (χ2v) is 4.03. The molecular weight excluding hydrogens is 204 g/mol. The molecule has 16 heavy (non-hydrogen) atoms. The molecule has 0 radical (unpaired) electrons. The smallest absolute Gasteiger partial charge is 0.222 e. The Kier molecular flexibility index (Phi) is 9.24. The van der Waals surface area contributed by atoms with E-state index in [1.165, 1.54) is 0 Å². The van der Waals surface area contributed by atoms with E-state index in [9.17, 15) is 4.79 Å². The lowest BCUT2D eigenvalue weighted by molar-refractivity contribution is -0.134. The van der Waals surface area contributed by atoms with Crippen LogP contribution in [0.15, 0.2) is 0 Å². The maximum absolute atomic E-state index is 11.9. The second-order valence-electron chi connectivity index (χ2n) is 4.03. The van der Waals surface area contributed by atoms with Crippen LogP contribution in [-0.4, -0.2) is 41.7 Å². The molecule has 4 heteroatoms. The van der Waals surface area contributed by atoms with Gasteiger partial charge in [0.05, 0.1) is 6.61 Å². The van der Waals surface area contributed by atoms with Crippen molar-refractivity contribution < 1.29 is 9.90 Å². The molecule has 0 aromatic rings. The van der Waals surface area contributed by atoms with Crippen LogP contribution < -0.4 is 5.73 Å². The zero-order valence-corrected chi connectivity index (χ0v) is 10.6. The van der Waals surface area contributed by atoms with Gasteiger partial charge in [0.15, 0.2) is 0 Å². The monoisotopic (exact) mass is 230 g/mol. The molecule has 0 aliphatic carbocycles. The zero-order chi connectivity index (χ0) is 12.4. The van der Waals surface area contributed by atoms with E-state index in [1.807, 2.05) is 4.90 Å². The Labute approximate surface area is 98.8 Å². The van der Waals surface area contributed by atoms with Gasteiger partial charge in [-0.15, -0.1) is 0 Å². The van der Waals surface area contributed by atoms with Crippen LogP contribution in [0, 0.1) is 0 Å². The van der Waals surface area contributed by atoms with Gasteiger partial charge in [0, 0.05) is 19.0 Å². The number of carbonyl (C=O) groups excluding carboxylic acids is 1. The van der Waals surface area contributed by atoms with Gasteiger partial charge in [-0.1, -0.05) is 13.8 Å². The van der Waals surface area contributed by atoms with Crippen molar-refractivity contribution in [2.45, 2.75) is 52.0 Å². The normalized spacial score (nSPS) is 10.8. The molecule has 0 atom stereocenters. The highest BCUT2D eigenvalue weighted by molar-refractivity contribution is 5.76. The highest BCUT2D eigenvalue weighted by atomic mass is 16.3. The zero-order valence-electron chi connectivity index (χ0n) is 10.6. The van der Waals surface area contributed by atoms with E-state index < -0.39 is 0 Å². The van der Waals surface area contributed by atoms with Crippen molar-refractivity contribution in [2.75, 3.05) is 19.7 Å². The van der Waals surface area contributed by atoms with Gasteiger partial charge in [-0.25, -0.2) is 0 Å². The van der Waals surface area contributed by atoms with Crippen LogP contribution in [0.3, 0.4) is 0 Å². The number of amides is 1. The molecule has 0 aliphatic rings. The largest absolute Gasteiger partial charge is 0.395 e. The number of nitrogens with zero attached hydrogens (tertiary/aromatic N) is 1. The summed E-state index contributed by atoms with van der Waals surface area (Å²) in [6.07, 6.45) is 4.17. The maximum atomic E-state index is 11.9. The first-order valence-electron chi connectivity index (χ1n) is 6.31. The van der Waals surface area contributed by atoms with Crippen LogP contribution >= 0.6 is 0 Å². The van der Waals surface area contributed by atoms with Gasteiger partial charge in [-0.2, -0.15) is 0 Å². The first-order chi connectivity index (χ1) is 7.71. The average molecular weight is 230 g/mol. The lowest BCUT2D eigenvalue weighted by atomic mass is 10.1. The third-order valence-electron chi connectivity index (χ3n) is 2.89. The summed E-state index contributed by atoms with van der Waals surface area (Å²) < 4.78 is 0. The molecule has 0 unspecified atom stereocenters. The van der Waals surface area contributed by atoms with E-state index in [0.29, 0.717) is 19.5 Å². The minimum Gasteiger partial charge on any atom is -0.395 e. The fraction of sp³-hybridized carbons (Fsp3) is 0.917. The molecule has 0 heterocycles. The summed E-state index contributed by atoms with van der Waals surface area (Å²) in [4.78, 5) is 13.8. The van der Waals surface area contributed by atoms with Gasteiger partial charge < -0.3 is 15.7 Å². The van der Waals surface area contributed by atoms with E-state index in [1.54, 1.807) is 0 Å². The van der Waals surface area contributed by atoms with Gasteiger partial charge in [-0.05, 0) is 32.2 Å². The molecule has 3 N–H and O–H groups in total. The lowest BCUT2D eigenvalue weighted by Crippen LogP contribution is -2.41. The SMILES string of the molecule is CCC(CC)N(CCO)C(=O)CCCCN.